The third-order valence-corrected chi connectivity index (χ3v) is 5.88. The summed E-state index contributed by atoms with van der Waals surface area (Å²) in [6.45, 7) is 2.19. The van der Waals surface area contributed by atoms with E-state index in [1.807, 2.05) is 24.4 Å². The first-order valence-corrected chi connectivity index (χ1v) is 10.2. The van der Waals surface area contributed by atoms with Gasteiger partial charge in [0.15, 0.2) is 0 Å². The van der Waals surface area contributed by atoms with Gasteiger partial charge in [0.2, 0.25) is 0 Å². The van der Waals surface area contributed by atoms with Crippen molar-refractivity contribution in [1.29, 1.82) is 0 Å². The van der Waals surface area contributed by atoms with Crippen LogP contribution in [0.5, 0.6) is 5.75 Å². The number of nitrogens with zero attached hydrogens (tertiary/aromatic N) is 2. The summed E-state index contributed by atoms with van der Waals surface area (Å²) < 4.78 is 21.5. The van der Waals surface area contributed by atoms with Crippen LogP contribution >= 0.6 is 0 Å². The number of halogens is 1. The average molecular weight is 432 g/mol. The van der Waals surface area contributed by atoms with Crippen LogP contribution in [0.4, 0.5) is 4.39 Å². The Morgan fingerprint density at radius 1 is 1.03 bits per heavy atom. The van der Waals surface area contributed by atoms with Gasteiger partial charge >= 0.3 is 0 Å². The Hall–Kier alpha value is -4.07. The Kier molecular flexibility index (Phi) is 4.70. The van der Waals surface area contributed by atoms with Gasteiger partial charge in [0.05, 0.1) is 23.7 Å². The molecule has 0 amide bonds. The first-order valence-electron chi connectivity index (χ1n) is 10.2. The van der Waals surface area contributed by atoms with Crippen molar-refractivity contribution in [3.63, 3.8) is 0 Å². The molecule has 0 saturated heterocycles. The first kappa shape index (κ1) is 19.9. The summed E-state index contributed by atoms with van der Waals surface area (Å²) in [5.74, 6) is 0.380. The second kappa shape index (κ2) is 7.56. The maximum atomic E-state index is 13.3. The quantitative estimate of drug-likeness (QED) is 0.445. The molecular weight excluding hydrogens is 411 g/mol. The van der Waals surface area contributed by atoms with Gasteiger partial charge in [0, 0.05) is 35.4 Å². The van der Waals surface area contributed by atoms with Gasteiger partial charge < -0.3 is 14.3 Å². The molecule has 0 fully saturated rings. The van der Waals surface area contributed by atoms with E-state index in [1.165, 1.54) is 35.0 Å². The minimum Gasteiger partial charge on any atom is -0.497 e. The minimum absolute atomic E-state index is 0.195. The molecule has 0 bridgehead atoms. The van der Waals surface area contributed by atoms with E-state index in [4.69, 9.17) is 4.74 Å². The Morgan fingerprint density at radius 2 is 1.81 bits per heavy atom. The number of H-pyrrole nitrogens is 2. The van der Waals surface area contributed by atoms with Crippen LogP contribution in [0.15, 0.2) is 64.3 Å². The molecule has 162 valence electrons. The number of aromatic nitrogens is 4. The molecule has 5 rings (SSSR count). The van der Waals surface area contributed by atoms with Gasteiger partial charge in [-0.05, 0) is 61.4 Å². The van der Waals surface area contributed by atoms with Gasteiger partial charge in [0.1, 0.15) is 11.6 Å². The lowest BCUT2D eigenvalue weighted by Crippen LogP contribution is -2.24. The number of nitrogens with one attached hydrogen (secondary N) is 2. The normalized spacial score (nSPS) is 11.5. The van der Waals surface area contributed by atoms with E-state index in [1.54, 1.807) is 18.6 Å². The van der Waals surface area contributed by atoms with Gasteiger partial charge in [-0.2, -0.15) is 0 Å². The molecule has 2 N–H and O–H groups in total. The topological polar surface area (TPSA) is 84.8 Å². The summed E-state index contributed by atoms with van der Waals surface area (Å²) in [4.78, 5) is 29.2. The zero-order chi connectivity index (χ0) is 22.4. The molecule has 0 spiro atoms. The SMILES string of the molecule is COc1ccc2[nH]cc(CCn3c(C)c4c(=O)n(-c5ccc(F)cc5)[nH]c4cc3=O)c2c1. The molecule has 7 nitrogen and oxygen atoms in total. The van der Waals surface area contributed by atoms with Crippen LogP contribution in [0, 0.1) is 12.7 Å². The van der Waals surface area contributed by atoms with Crippen LogP contribution in [0.2, 0.25) is 0 Å². The largest absolute Gasteiger partial charge is 0.497 e. The third kappa shape index (κ3) is 3.20. The molecule has 0 atom stereocenters. The highest BCUT2D eigenvalue weighted by Gasteiger charge is 2.16. The maximum Gasteiger partial charge on any atom is 0.280 e. The number of pyridine rings is 1. The van der Waals surface area contributed by atoms with E-state index in [0.29, 0.717) is 35.2 Å². The van der Waals surface area contributed by atoms with Gasteiger partial charge in [-0.25, -0.2) is 9.07 Å². The maximum absolute atomic E-state index is 13.3. The molecule has 3 heterocycles. The molecule has 2 aromatic carbocycles. The molecule has 0 radical (unpaired) electrons. The molecule has 3 aromatic heterocycles. The first-order chi connectivity index (χ1) is 15.5. The molecule has 5 aromatic rings. The van der Waals surface area contributed by atoms with Crippen molar-refractivity contribution < 1.29 is 9.13 Å². The number of fused-ring (bicyclic) bond motifs is 2. The molecule has 0 unspecified atom stereocenters. The van der Waals surface area contributed by atoms with Crippen LogP contribution < -0.4 is 15.9 Å². The lowest BCUT2D eigenvalue weighted by Gasteiger charge is -2.10. The molecule has 32 heavy (non-hydrogen) atoms. The number of benzene rings is 2. The number of aromatic amines is 2. The van der Waals surface area contributed by atoms with Crippen molar-refractivity contribution in [2.45, 2.75) is 19.9 Å². The fraction of sp³-hybridized carbons (Fsp3) is 0.167. The van der Waals surface area contributed by atoms with Gasteiger partial charge in [-0.1, -0.05) is 0 Å². The van der Waals surface area contributed by atoms with Crippen LogP contribution in [-0.2, 0) is 13.0 Å². The van der Waals surface area contributed by atoms with Crippen molar-refractivity contribution in [3.8, 4) is 11.4 Å². The second-order valence-corrected chi connectivity index (χ2v) is 7.71. The highest BCUT2D eigenvalue weighted by atomic mass is 19.1. The second-order valence-electron chi connectivity index (χ2n) is 7.71. The Balaban J connectivity index is 1.54. The summed E-state index contributed by atoms with van der Waals surface area (Å²) in [7, 11) is 1.63. The predicted molar refractivity (Wildman–Crippen MR) is 121 cm³/mol. The predicted octanol–water partition coefficient (Wildman–Crippen LogP) is 3.66. The zero-order valence-corrected chi connectivity index (χ0v) is 17.6. The molecule has 0 saturated carbocycles. The Morgan fingerprint density at radius 3 is 2.56 bits per heavy atom. The van der Waals surface area contributed by atoms with E-state index in [2.05, 4.69) is 10.1 Å². The zero-order valence-electron chi connectivity index (χ0n) is 17.6. The minimum atomic E-state index is -0.385. The average Bonchev–Trinajstić information content (AvgIpc) is 3.34. The summed E-state index contributed by atoms with van der Waals surface area (Å²) >= 11 is 0. The van der Waals surface area contributed by atoms with E-state index >= 15 is 0 Å². The molecule has 0 aliphatic carbocycles. The number of hydrogen-bond donors (Lipinski definition) is 2. The fourth-order valence-corrected chi connectivity index (χ4v) is 4.18. The van der Waals surface area contributed by atoms with Gasteiger partial charge in [-0.3, -0.25) is 14.7 Å². The Bertz CT molecular complexity index is 1570. The van der Waals surface area contributed by atoms with E-state index < -0.39 is 0 Å². The van der Waals surface area contributed by atoms with Gasteiger partial charge in [-0.15, -0.1) is 0 Å². The molecule has 8 heteroatoms. The number of methoxy groups -OCH3 is 1. The Labute approximate surface area is 181 Å². The third-order valence-electron chi connectivity index (χ3n) is 5.88. The van der Waals surface area contributed by atoms with Crippen LogP contribution in [0.25, 0.3) is 27.5 Å². The molecule has 0 aliphatic heterocycles. The highest BCUT2D eigenvalue weighted by Crippen LogP contribution is 2.24. The van der Waals surface area contributed by atoms with Crippen molar-refractivity contribution in [3.05, 3.63) is 92.5 Å². The van der Waals surface area contributed by atoms with Gasteiger partial charge in [0.25, 0.3) is 11.1 Å². The standard InChI is InChI=1S/C24H21FN4O3/c1-14-23-21(27-29(24(23)31)17-5-3-16(25)4-6-17)12-22(30)28(14)10-9-15-13-26-20-8-7-18(32-2)11-19(15)20/h3-8,11-13,26-27H,9-10H2,1-2H3. The number of rotatable bonds is 5. The van der Waals surface area contributed by atoms with Crippen LogP contribution in [0.1, 0.15) is 11.3 Å². The lowest BCUT2D eigenvalue weighted by atomic mass is 10.1. The summed E-state index contributed by atoms with van der Waals surface area (Å²) in [6, 6.07) is 12.8. The van der Waals surface area contributed by atoms with E-state index in [9.17, 15) is 14.0 Å². The number of hydrogen-bond acceptors (Lipinski definition) is 3. The molecular formula is C24H21FN4O3. The summed E-state index contributed by atoms with van der Waals surface area (Å²) in [6.07, 6.45) is 2.54. The smallest absolute Gasteiger partial charge is 0.280 e. The van der Waals surface area contributed by atoms with Crippen molar-refractivity contribution in [2.75, 3.05) is 7.11 Å². The fourth-order valence-electron chi connectivity index (χ4n) is 4.18. The van der Waals surface area contributed by atoms with Crippen LogP contribution in [0.3, 0.4) is 0 Å². The highest BCUT2D eigenvalue weighted by molar-refractivity contribution is 5.84. The number of aryl methyl sites for hydroxylation is 2. The lowest BCUT2D eigenvalue weighted by molar-refractivity contribution is 0.415. The molecule has 0 aliphatic rings. The van der Waals surface area contributed by atoms with Crippen molar-refractivity contribution in [1.82, 2.24) is 19.3 Å². The van der Waals surface area contributed by atoms with Crippen molar-refractivity contribution >= 4 is 21.8 Å². The summed E-state index contributed by atoms with van der Waals surface area (Å²) in [5, 5.41) is 4.44. The number of ether oxygens (including phenoxy) is 1. The summed E-state index contributed by atoms with van der Waals surface area (Å²) in [5.41, 5.74) is 3.12. The van der Waals surface area contributed by atoms with Crippen molar-refractivity contribution in [2.24, 2.45) is 0 Å². The monoisotopic (exact) mass is 432 g/mol. The van der Waals surface area contributed by atoms with E-state index in [-0.39, 0.29) is 16.9 Å². The van der Waals surface area contributed by atoms with E-state index in [0.717, 1.165) is 22.2 Å². The van der Waals surface area contributed by atoms with Crippen LogP contribution in [-0.4, -0.2) is 26.4 Å².